The number of carboxylic acid groups (broad SMARTS) is 1. The first-order chi connectivity index (χ1) is 12.3. The minimum atomic E-state index is -0.742. The predicted octanol–water partition coefficient (Wildman–Crippen LogP) is 3.14. The molecule has 0 heterocycles. The molecule has 4 fully saturated rings. The lowest BCUT2D eigenvalue weighted by Gasteiger charge is -2.60. The van der Waals surface area contributed by atoms with Crippen molar-refractivity contribution in [2.24, 2.45) is 17.3 Å². The van der Waals surface area contributed by atoms with E-state index < -0.39 is 21.8 Å². The Balaban J connectivity index is 1.47. The first-order valence-electron chi connectivity index (χ1n) is 8.86. The molecule has 0 aromatic heterocycles. The number of rotatable bonds is 4. The summed E-state index contributed by atoms with van der Waals surface area (Å²) in [5.74, 6) is -0.0346. The standard InChI is InChI=1S/C18H21N3O5/c22-15(23)17-6-11-5-12(7-17)9-18(8-11,10-17)20-16(24)19-13-1-3-14(4-2-13)21(25)26/h1-4,11-12H,5-10H2,(H,22,23)(H2,19,20,24). The highest BCUT2D eigenvalue weighted by Gasteiger charge is 2.61. The Morgan fingerprint density at radius 1 is 1.12 bits per heavy atom. The van der Waals surface area contributed by atoms with Gasteiger partial charge in [0.1, 0.15) is 0 Å². The van der Waals surface area contributed by atoms with Gasteiger partial charge >= 0.3 is 12.0 Å². The highest BCUT2D eigenvalue weighted by molar-refractivity contribution is 5.90. The molecular formula is C18H21N3O5. The van der Waals surface area contributed by atoms with Gasteiger partial charge in [0.25, 0.3) is 5.69 Å². The molecule has 3 N–H and O–H groups in total. The van der Waals surface area contributed by atoms with Gasteiger partial charge in [0.05, 0.1) is 10.3 Å². The lowest BCUT2D eigenvalue weighted by atomic mass is 9.47. The highest BCUT2D eigenvalue weighted by Crippen LogP contribution is 2.61. The third-order valence-corrected chi connectivity index (χ3v) is 6.23. The van der Waals surface area contributed by atoms with Crippen LogP contribution in [0.25, 0.3) is 0 Å². The molecule has 1 aromatic rings. The van der Waals surface area contributed by atoms with Crippen LogP contribution in [0.5, 0.6) is 0 Å². The van der Waals surface area contributed by atoms with E-state index in [0.717, 1.165) is 19.3 Å². The normalized spacial score (nSPS) is 34.3. The fraction of sp³-hybridized carbons (Fsp3) is 0.556. The number of anilines is 1. The number of urea groups is 1. The maximum Gasteiger partial charge on any atom is 0.319 e. The van der Waals surface area contributed by atoms with Gasteiger partial charge in [-0.25, -0.2) is 4.79 Å². The Morgan fingerprint density at radius 3 is 2.27 bits per heavy atom. The molecule has 26 heavy (non-hydrogen) atoms. The summed E-state index contributed by atoms with van der Waals surface area (Å²) in [6.07, 6.45) is 4.62. The Morgan fingerprint density at radius 2 is 1.73 bits per heavy atom. The molecule has 0 spiro atoms. The number of nitrogens with zero attached hydrogens (tertiary/aromatic N) is 1. The van der Waals surface area contributed by atoms with E-state index in [4.69, 9.17) is 0 Å². The summed E-state index contributed by atoms with van der Waals surface area (Å²) in [6.45, 7) is 0. The average molecular weight is 359 g/mol. The van der Waals surface area contributed by atoms with Crippen LogP contribution in [0.3, 0.4) is 0 Å². The van der Waals surface area contributed by atoms with E-state index in [0.29, 0.717) is 36.8 Å². The number of carbonyl (C=O) groups is 2. The minimum Gasteiger partial charge on any atom is -0.481 e. The Labute approximate surface area is 150 Å². The molecule has 2 unspecified atom stereocenters. The molecule has 4 saturated carbocycles. The van der Waals surface area contributed by atoms with Crippen LogP contribution in [0.2, 0.25) is 0 Å². The van der Waals surface area contributed by atoms with E-state index in [9.17, 15) is 24.8 Å². The smallest absolute Gasteiger partial charge is 0.319 e. The van der Waals surface area contributed by atoms with Crippen molar-refractivity contribution in [3.63, 3.8) is 0 Å². The van der Waals surface area contributed by atoms with Crippen molar-refractivity contribution in [1.82, 2.24) is 5.32 Å². The summed E-state index contributed by atoms with van der Waals surface area (Å²) in [6, 6.07) is 5.24. The predicted molar refractivity (Wildman–Crippen MR) is 92.7 cm³/mol. The van der Waals surface area contributed by atoms with Gasteiger partial charge in [-0.2, -0.15) is 0 Å². The van der Waals surface area contributed by atoms with Crippen molar-refractivity contribution in [2.75, 3.05) is 5.32 Å². The van der Waals surface area contributed by atoms with E-state index in [1.165, 1.54) is 24.3 Å². The van der Waals surface area contributed by atoms with Crippen LogP contribution in [0.15, 0.2) is 24.3 Å². The first-order valence-corrected chi connectivity index (χ1v) is 8.86. The second kappa shape index (κ2) is 5.69. The molecule has 4 aliphatic rings. The summed E-state index contributed by atoms with van der Waals surface area (Å²) in [5, 5.41) is 26.2. The summed E-state index contributed by atoms with van der Waals surface area (Å²) in [7, 11) is 0. The van der Waals surface area contributed by atoms with Crippen LogP contribution in [-0.2, 0) is 4.79 Å². The highest BCUT2D eigenvalue weighted by atomic mass is 16.6. The lowest BCUT2D eigenvalue weighted by Crippen LogP contribution is -2.65. The second-order valence-electron chi connectivity index (χ2n) is 8.21. The molecule has 8 heteroatoms. The first kappa shape index (κ1) is 16.8. The number of benzene rings is 1. The summed E-state index contributed by atoms with van der Waals surface area (Å²) >= 11 is 0. The quantitative estimate of drug-likeness (QED) is 0.563. The number of hydrogen-bond donors (Lipinski definition) is 3. The number of carboxylic acids is 1. The summed E-state index contributed by atoms with van der Waals surface area (Å²) in [5.41, 5.74) is -0.746. The third-order valence-electron chi connectivity index (χ3n) is 6.23. The van der Waals surface area contributed by atoms with E-state index >= 15 is 0 Å². The molecule has 0 radical (unpaired) electrons. The fourth-order valence-electron chi connectivity index (χ4n) is 5.73. The number of carbonyl (C=O) groups excluding carboxylic acids is 1. The lowest BCUT2D eigenvalue weighted by molar-refractivity contribution is -0.384. The van der Waals surface area contributed by atoms with E-state index in [1.54, 1.807) is 0 Å². The maximum absolute atomic E-state index is 12.5. The zero-order valence-electron chi connectivity index (χ0n) is 14.2. The number of nitro groups is 1. The van der Waals surface area contributed by atoms with Gasteiger partial charge in [-0.1, -0.05) is 0 Å². The molecule has 0 saturated heterocycles. The number of nitrogens with one attached hydrogen (secondary N) is 2. The fourth-order valence-corrected chi connectivity index (χ4v) is 5.73. The number of nitro benzene ring substituents is 1. The Kier molecular flexibility index (Phi) is 3.68. The molecule has 2 atom stereocenters. The van der Waals surface area contributed by atoms with Gasteiger partial charge in [0.2, 0.25) is 0 Å². The van der Waals surface area contributed by atoms with Crippen LogP contribution in [0, 0.1) is 27.4 Å². The molecule has 8 nitrogen and oxygen atoms in total. The van der Waals surface area contributed by atoms with Crippen molar-refractivity contribution in [1.29, 1.82) is 0 Å². The molecular weight excluding hydrogens is 338 g/mol. The van der Waals surface area contributed by atoms with Gasteiger partial charge in [0.15, 0.2) is 0 Å². The molecule has 138 valence electrons. The number of amides is 2. The van der Waals surface area contributed by atoms with Gasteiger partial charge in [-0.15, -0.1) is 0 Å². The molecule has 2 amide bonds. The molecule has 1 aromatic carbocycles. The SMILES string of the molecule is O=C(Nc1ccc([N+](=O)[O-])cc1)NC12CC3CC(C1)CC(C(=O)O)(C3)C2. The maximum atomic E-state index is 12.5. The van der Waals surface area contributed by atoms with Gasteiger partial charge < -0.3 is 15.7 Å². The van der Waals surface area contributed by atoms with E-state index in [-0.39, 0.29) is 11.7 Å². The number of hydrogen-bond acceptors (Lipinski definition) is 4. The van der Waals surface area contributed by atoms with E-state index in [2.05, 4.69) is 10.6 Å². The van der Waals surface area contributed by atoms with Crippen molar-refractivity contribution < 1.29 is 19.6 Å². The molecule has 4 aliphatic carbocycles. The van der Waals surface area contributed by atoms with Gasteiger partial charge in [-0.3, -0.25) is 14.9 Å². The Bertz CT molecular complexity index is 762. The number of aliphatic carboxylic acids is 1. The van der Waals surface area contributed by atoms with Crippen molar-refractivity contribution in [3.05, 3.63) is 34.4 Å². The average Bonchev–Trinajstić information content (AvgIpc) is 2.53. The van der Waals surface area contributed by atoms with E-state index in [1.807, 2.05) is 0 Å². The van der Waals surface area contributed by atoms with Crippen molar-refractivity contribution in [2.45, 2.75) is 44.1 Å². The monoisotopic (exact) mass is 359 g/mol. The van der Waals surface area contributed by atoms with Crippen LogP contribution < -0.4 is 10.6 Å². The van der Waals surface area contributed by atoms with Gasteiger partial charge in [-0.05, 0) is 62.5 Å². The van der Waals surface area contributed by atoms with Crippen molar-refractivity contribution >= 4 is 23.4 Å². The topological polar surface area (TPSA) is 122 Å². The zero-order valence-corrected chi connectivity index (χ0v) is 14.2. The largest absolute Gasteiger partial charge is 0.481 e. The third kappa shape index (κ3) is 2.79. The van der Waals surface area contributed by atoms with Gasteiger partial charge in [0, 0.05) is 23.4 Å². The van der Waals surface area contributed by atoms with Crippen LogP contribution in [0.1, 0.15) is 38.5 Å². The molecule has 5 rings (SSSR count). The number of non-ortho nitro benzene ring substituents is 1. The minimum absolute atomic E-state index is 0.0413. The second-order valence-corrected chi connectivity index (χ2v) is 8.21. The van der Waals surface area contributed by atoms with Crippen LogP contribution in [0.4, 0.5) is 16.2 Å². The Hall–Kier alpha value is -2.64. The van der Waals surface area contributed by atoms with Crippen molar-refractivity contribution in [3.8, 4) is 0 Å². The molecule has 4 bridgehead atoms. The van der Waals surface area contributed by atoms with Crippen LogP contribution >= 0.6 is 0 Å². The van der Waals surface area contributed by atoms with Crippen LogP contribution in [-0.4, -0.2) is 27.6 Å². The summed E-state index contributed by atoms with van der Waals surface area (Å²) < 4.78 is 0. The zero-order chi connectivity index (χ0) is 18.5. The molecule has 0 aliphatic heterocycles. The summed E-state index contributed by atoms with van der Waals surface area (Å²) in [4.78, 5) is 34.6.